The van der Waals surface area contributed by atoms with E-state index in [0.717, 1.165) is 0 Å². The van der Waals surface area contributed by atoms with Gasteiger partial charge in [-0.05, 0) is 40.0 Å². The maximum absolute atomic E-state index is 12.0. The number of hydrogen-bond acceptors (Lipinski definition) is 5. The molecule has 0 aromatic heterocycles. The Kier molecular flexibility index (Phi) is 3.00. The average Bonchev–Trinajstić information content (AvgIpc) is 2.20. The summed E-state index contributed by atoms with van der Waals surface area (Å²) in [5.41, 5.74) is -4.50. The zero-order valence-corrected chi connectivity index (χ0v) is 13.6. The fourth-order valence-electron chi connectivity index (χ4n) is 5.54. The van der Waals surface area contributed by atoms with Gasteiger partial charge in [0.2, 0.25) is 0 Å². The van der Waals surface area contributed by atoms with E-state index in [0.29, 0.717) is 24.8 Å². The molecular weight excluding hydrogens is 284 g/mol. The van der Waals surface area contributed by atoms with Crippen molar-refractivity contribution < 1.29 is 24.9 Å². The van der Waals surface area contributed by atoms with Crippen molar-refractivity contribution in [1.29, 1.82) is 0 Å². The molecule has 3 N–H and O–H groups in total. The van der Waals surface area contributed by atoms with Crippen LogP contribution in [0.25, 0.3) is 0 Å². The molecule has 5 nitrogen and oxygen atoms in total. The van der Waals surface area contributed by atoms with Gasteiger partial charge in [-0.25, -0.2) is 4.79 Å². The Morgan fingerprint density at radius 2 is 1.32 bits per heavy atom. The third kappa shape index (κ3) is 2.22. The SMILES string of the molecule is C=C(C)C(=O)OC(C)(C)C12CC3(O)CC(O)(CC(O)(C3)C1)C2. The van der Waals surface area contributed by atoms with Gasteiger partial charge in [-0.1, -0.05) is 6.58 Å². The quantitative estimate of drug-likeness (QED) is 0.542. The van der Waals surface area contributed by atoms with Crippen molar-refractivity contribution in [1.82, 2.24) is 0 Å². The maximum Gasteiger partial charge on any atom is 0.333 e. The van der Waals surface area contributed by atoms with E-state index in [1.54, 1.807) is 20.8 Å². The lowest BCUT2D eigenvalue weighted by molar-refractivity contribution is -0.310. The smallest absolute Gasteiger partial charge is 0.333 e. The van der Waals surface area contributed by atoms with Gasteiger partial charge in [0.1, 0.15) is 5.60 Å². The van der Waals surface area contributed by atoms with Crippen LogP contribution in [0, 0.1) is 5.41 Å². The molecule has 4 aliphatic rings. The Labute approximate surface area is 131 Å². The lowest BCUT2D eigenvalue weighted by atomic mass is 9.41. The standard InChI is InChI=1S/C17H26O5/c1-11(2)12(18)22-13(3,4)14-5-15(19)8-16(20,6-14)10-17(21,7-14)9-15/h19-21H,1,5-10H2,2-4H3. The second kappa shape index (κ2) is 4.13. The summed E-state index contributed by atoms with van der Waals surface area (Å²) in [5.74, 6) is -0.480. The minimum absolute atomic E-state index is 0.286. The number of hydrogen-bond donors (Lipinski definition) is 3. The van der Waals surface area contributed by atoms with Crippen molar-refractivity contribution in [2.75, 3.05) is 0 Å². The highest BCUT2D eigenvalue weighted by atomic mass is 16.6. The van der Waals surface area contributed by atoms with Crippen LogP contribution >= 0.6 is 0 Å². The van der Waals surface area contributed by atoms with Crippen LogP contribution in [-0.4, -0.2) is 43.7 Å². The molecule has 0 aliphatic heterocycles. The fraction of sp³-hybridized carbons (Fsp3) is 0.824. The van der Waals surface area contributed by atoms with Crippen LogP contribution in [0.15, 0.2) is 12.2 Å². The third-order valence-corrected chi connectivity index (χ3v) is 5.95. The van der Waals surface area contributed by atoms with Crippen molar-refractivity contribution in [3.05, 3.63) is 12.2 Å². The van der Waals surface area contributed by atoms with Crippen molar-refractivity contribution in [2.45, 2.75) is 81.7 Å². The van der Waals surface area contributed by atoms with Crippen LogP contribution in [-0.2, 0) is 9.53 Å². The molecule has 0 heterocycles. The monoisotopic (exact) mass is 310 g/mol. The largest absolute Gasteiger partial charge is 0.456 e. The number of aliphatic hydroxyl groups is 3. The van der Waals surface area contributed by atoms with E-state index in [9.17, 15) is 20.1 Å². The molecule has 5 heteroatoms. The highest BCUT2D eigenvalue weighted by Gasteiger charge is 2.71. The molecule has 0 unspecified atom stereocenters. The molecule has 22 heavy (non-hydrogen) atoms. The van der Waals surface area contributed by atoms with Crippen molar-refractivity contribution in [2.24, 2.45) is 5.41 Å². The Hall–Kier alpha value is -0.910. The molecule has 4 aliphatic carbocycles. The first kappa shape index (κ1) is 16.0. The summed E-state index contributed by atoms with van der Waals surface area (Å²) in [6.07, 6.45) is 2.15. The molecule has 0 atom stereocenters. The van der Waals surface area contributed by atoms with Gasteiger partial charge in [-0.3, -0.25) is 0 Å². The van der Waals surface area contributed by atoms with E-state index in [1.807, 2.05) is 0 Å². The number of carbonyl (C=O) groups is 1. The Morgan fingerprint density at radius 3 is 1.64 bits per heavy atom. The molecule has 4 rings (SSSR count). The summed E-state index contributed by atoms with van der Waals surface area (Å²) >= 11 is 0. The van der Waals surface area contributed by atoms with E-state index in [-0.39, 0.29) is 19.3 Å². The number of rotatable bonds is 3. The average molecular weight is 310 g/mol. The molecule has 0 spiro atoms. The van der Waals surface area contributed by atoms with E-state index in [2.05, 4.69) is 6.58 Å². The van der Waals surface area contributed by atoms with Crippen LogP contribution in [0.1, 0.15) is 59.3 Å². The second-order valence-electron chi connectivity index (χ2n) is 8.69. The molecule has 124 valence electrons. The zero-order valence-electron chi connectivity index (χ0n) is 13.6. The highest BCUT2D eigenvalue weighted by Crippen LogP contribution is 2.68. The molecule has 4 bridgehead atoms. The van der Waals surface area contributed by atoms with Gasteiger partial charge in [-0.15, -0.1) is 0 Å². The minimum Gasteiger partial charge on any atom is -0.456 e. The lowest BCUT2D eigenvalue weighted by Crippen LogP contribution is -2.73. The lowest BCUT2D eigenvalue weighted by Gasteiger charge is -2.68. The second-order valence-corrected chi connectivity index (χ2v) is 8.69. The first-order valence-corrected chi connectivity index (χ1v) is 7.88. The Bertz CT molecular complexity index is 496. The molecule has 0 amide bonds. The van der Waals surface area contributed by atoms with E-state index < -0.39 is 33.8 Å². The van der Waals surface area contributed by atoms with Crippen molar-refractivity contribution in [3.8, 4) is 0 Å². The van der Waals surface area contributed by atoms with Gasteiger partial charge < -0.3 is 20.1 Å². The summed E-state index contributed by atoms with van der Waals surface area (Å²) in [5, 5.41) is 32.5. The van der Waals surface area contributed by atoms with E-state index in [1.165, 1.54) is 0 Å². The fourth-order valence-corrected chi connectivity index (χ4v) is 5.54. The number of esters is 1. The molecule has 0 aromatic rings. The summed E-state index contributed by atoms with van der Waals surface area (Å²) in [6.45, 7) is 8.80. The van der Waals surface area contributed by atoms with Gasteiger partial charge in [-0.2, -0.15) is 0 Å². The summed E-state index contributed by atoms with van der Waals surface area (Å²) in [7, 11) is 0. The summed E-state index contributed by atoms with van der Waals surface area (Å²) < 4.78 is 5.65. The van der Waals surface area contributed by atoms with E-state index >= 15 is 0 Å². The van der Waals surface area contributed by atoms with Crippen molar-refractivity contribution in [3.63, 3.8) is 0 Å². The van der Waals surface area contributed by atoms with Gasteiger partial charge in [0.15, 0.2) is 0 Å². The molecule has 4 saturated carbocycles. The summed E-state index contributed by atoms with van der Waals surface area (Å²) in [6, 6.07) is 0. The predicted molar refractivity (Wildman–Crippen MR) is 80.0 cm³/mol. The van der Waals surface area contributed by atoms with Crippen LogP contribution in [0.4, 0.5) is 0 Å². The van der Waals surface area contributed by atoms with Crippen LogP contribution in [0.5, 0.6) is 0 Å². The first-order chi connectivity index (χ1) is 9.82. The Morgan fingerprint density at radius 1 is 0.955 bits per heavy atom. The third-order valence-electron chi connectivity index (χ3n) is 5.95. The van der Waals surface area contributed by atoms with Crippen LogP contribution in [0.2, 0.25) is 0 Å². The van der Waals surface area contributed by atoms with Gasteiger partial charge >= 0.3 is 5.97 Å². The molecule has 0 radical (unpaired) electrons. The van der Waals surface area contributed by atoms with Crippen LogP contribution in [0.3, 0.4) is 0 Å². The predicted octanol–water partition coefficient (Wildman–Crippen LogP) is 1.45. The topological polar surface area (TPSA) is 87.0 Å². The molecular formula is C17H26O5. The molecule has 0 saturated heterocycles. The van der Waals surface area contributed by atoms with Crippen LogP contribution < -0.4 is 0 Å². The van der Waals surface area contributed by atoms with E-state index in [4.69, 9.17) is 4.74 Å². The van der Waals surface area contributed by atoms with Crippen molar-refractivity contribution >= 4 is 5.97 Å². The Balaban J connectivity index is 1.99. The zero-order chi connectivity index (χ0) is 16.6. The first-order valence-electron chi connectivity index (χ1n) is 7.88. The molecule has 0 aromatic carbocycles. The minimum atomic E-state index is -1.09. The van der Waals surface area contributed by atoms with Gasteiger partial charge in [0.25, 0.3) is 0 Å². The highest BCUT2D eigenvalue weighted by molar-refractivity contribution is 5.87. The van der Waals surface area contributed by atoms with Gasteiger partial charge in [0, 0.05) is 30.3 Å². The molecule has 4 fully saturated rings. The summed E-state index contributed by atoms with van der Waals surface area (Å²) in [4.78, 5) is 12.0. The number of carbonyl (C=O) groups excluding carboxylic acids is 1. The maximum atomic E-state index is 12.0. The number of ether oxygens (including phenoxy) is 1. The van der Waals surface area contributed by atoms with Gasteiger partial charge in [0.05, 0.1) is 16.8 Å². The normalized spacial score (nSPS) is 46.6.